The lowest BCUT2D eigenvalue weighted by Crippen LogP contribution is -2.35. The maximum absolute atomic E-state index is 11.4. The van der Waals surface area contributed by atoms with E-state index >= 15 is 0 Å². The fourth-order valence-corrected chi connectivity index (χ4v) is 2.50. The van der Waals surface area contributed by atoms with Gasteiger partial charge in [0.05, 0.1) is 20.1 Å². The quantitative estimate of drug-likeness (QED) is 0.483. The monoisotopic (exact) mass is 305 g/mol. The van der Waals surface area contributed by atoms with Crippen LogP contribution in [-0.2, 0) is 19.1 Å². The number of methoxy groups -OCH3 is 2. The van der Waals surface area contributed by atoms with E-state index in [9.17, 15) is 9.59 Å². The number of hydrogen-bond donors (Lipinski definition) is 3. The molecule has 0 spiro atoms. The summed E-state index contributed by atoms with van der Waals surface area (Å²) in [5.74, 6) is -0.127. The lowest BCUT2D eigenvalue weighted by Gasteiger charge is -2.27. The molecule has 7 N–H and O–H groups in total. The van der Waals surface area contributed by atoms with Crippen LogP contribution in [0, 0.1) is 5.92 Å². The average Bonchev–Trinajstić information content (AvgIpc) is 2.46. The molecule has 0 saturated heterocycles. The smallest absolute Gasteiger partial charge is 0.308 e. The average molecular weight is 305 g/mol. The molecule has 1 aliphatic carbocycles. The van der Waals surface area contributed by atoms with E-state index in [0.29, 0.717) is 12.5 Å². The van der Waals surface area contributed by atoms with Gasteiger partial charge in [0, 0.05) is 12.5 Å². The summed E-state index contributed by atoms with van der Waals surface area (Å²) in [6.45, 7) is 0.921. The number of carbonyl (C=O) groups is 2. The molecule has 1 saturated carbocycles. The van der Waals surface area contributed by atoms with Crippen molar-refractivity contribution in [2.24, 2.45) is 5.92 Å². The van der Waals surface area contributed by atoms with E-state index < -0.39 is 0 Å². The molecule has 0 aliphatic heterocycles. The fourth-order valence-electron chi connectivity index (χ4n) is 2.50. The largest absolute Gasteiger partial charge is 0.469 e. The van der Waals surface area contributed by atoms with Crippen LogP contribution < -0.4 is 17.6 Å². The third kappa shape index (κ3) is 8.64. The molecule has 7 nitrogen and oxygen atoms in total. The van der Waals surface area contributed by atoms with Crippen LogP contribution in [0.5, 0.6) is 0 Å². The summed E-state index contributed by atoms with van der Waals surface area (Å²) in [4.78, 5) is 22.3. The zero-order valence-corrected chi connectivity index (χ0v) is 13.4. The molecular weight excluding hydrogens is 274 g/mol. The van der Waals surface area contributed by atoms with Crippen molar-refractivity contribution in [3.63, 3.8) is 0 Å². The van der Waals surface area contributed by atoms with Gasteiger partial charge >= 0.3 is 11.9 Å². The molecular formula is C14H31N3O4. The van der Waals surface area contributed by atoms with Crippen molar-refractivity contribution in [2.45, 2.75) is 51.0 Å². The highest BCUT2D eigenvalue weighted by atomic mass is 16.5. The standard InChI is InChI=1S/C14H25NO4.2H3N/c1-18-13(16)5-3-4-10-15-12-8-6-11(7-9-12)14(17)19-2;;/h11-12,15H,3-10H2,1-2H3;2*1H3. The molecule has 0 amide bonds. The molecule has 0 heterocycles. The van der Waals surface area contributed by atoms with Crippen LogP contribution in [-0.4, -0.2) is 38.7 Å². The number of hydrogen-bond acceptors (Lipinski definition) is 7. The van der Waals surface area contributed by atoms with Crippen molar-refractivity contribution in [1.82, 2.24) is 17.6 Å². The van der Waals surface area contributed by atoms with E-state index in [1.807, 2.05) is 0 Å². The van der Waals surface area contributed by atoms with E-state index in [1.165, 1.54) is 14.2 Å². The molecule has 0 unspecified atom stereocenters. The number of ether oxygens (including phenoxy) is 2. The summed E-state index contributed by atoms with van der Waals surface area (Å²) in [5.41, 5.74) is 0. The van der Waals surface area contributed by atoms with Gasteiger partial charge in [-0.25, -0.2) is 0 Å². The van der Waals surface area contributed by atoms with Crippen molar-refractivity contribution < 1.29 is 19.1 Å². The lowest BCUT2D eigenvalue weighted by atomic mass is 9.86. The van der Waals surface area contributed by atoms with Gasteiger partial charge in [0.2, 0.25) is 0 Å². The first-order chi connectivity index (χ1) is 9.17. The normalized spacial score (nSPS) is 20.7. The van der Waals surface area contributed by atoms with Crippen molar-refractivity contribution in [1.29, 1.82) is 0 Å². The first-order valence-corrected chi connectivity index (χ1v) is 7.05. The molecule has 126 valence electrons. The van der Waals surface area contributed by atoms with E-state index in [-0.39, 0.29) is 30.2 Å². The van der Waals surface area contributed by atoms with Crippen molar-refractivity contribution in [3.05, 3.63) is 0 Å². The summed E-state index contributed by atoms with van der Waals surface area (Å²) in [7, 11) is 2.87. The van der Waals surface area contributed by atoms with E-state index in [1.54, 1.807) is 0 Å². The van der Waals surface area contributed by atoms with Crippen LogP contribution in [0.4, 0.5) is 0 Å². The van der Waals surface area contributed by atoms with Gasteiger partial charge < -0.3 is 27.1 Å². The molecule has 1 fully saturated rings. The minimum Gasteiger partial charge on any atom is -0.469 e. The van der Waals surface area contributed by atoms with Crippen molar-refractivity contribution in [2.75, 3.05) is 20.8 Å². The van der Waals surface area contributed by atoms with Gasteiger partial charge in [0.15, 0.2) is 0 Å². The summed E-state index contributed by atoms with van der Waals surface area (Å²) in [6, 6.07) is 0.499. The Hall–Kier alpha value is -1.18. The van der Waals surface area contributed by atoms with Gasteiger partial charge in [-0.1, -0.05) is 0 Å². The Balaban J connectivity index is 0. The highest BCUT2D eigenvalue weighted by molar-refractivity contribution is 5.72. The Labute approximate surface area is 127 Å². The number of carbonyl (C=O) groups excluding carboxylic acids is 2. The van der Waals surface area contributed by atoms with Crippen LogP contribution in [0.1, 0.15) is 44.9 Å². The third-order valence-corrected chi connectivity index (χ3v) is 3.73. The molecule has 1 aliphatic rings. The van der Waals surface area contributed by atoms with Gasteiger partial charge in [0.1, 0.15) is 0 Å². The molecule has 0 atom stereocenters. The maximum Gasteiger partial charge on any atom is 0.308 e. The van der Waals surface area contributed by atoms with Gasteiger partial charge in [-0.15, -0.1) is 0 Å². The van der Waals surface area contributed by atoms with E-state index in [2.05, 4.69) is 10.1 Å². The third-order valence-electron chi connectivity index (χ3n) is 3.73. The lowest BCUT2D eigenvalue weighted by molar-refractivity contribution is -0.146. The molecule has 0 aromatic rings. The van der Waals surface area contributed by atoms with Crippen LogP contribution in [0.2, 0.25) is 0 Å². The number of nitrogens with one attached hydrogen (secondary N) is 1. The fraction of sp³-hybridized carbons (Fsp3) is 0.857. The zero-order valence-electron chi connectivity index (χ0n) is 13.4. The second-order valence-electron chi connectivity index (χ2n) is 5.06. The summed E-state index contributed by atoms with van der Waals surface area (Å²) < 4.78 is 9.36. The predicted molar refractivity (Wildman–Crippen MR) is 81.7 cm³/mol. The number of esters is 2. The number of unbranched alkanes of at least 4 members (excludes halogenated alkanes) is 1. The molecule has 1 rings (SSSR count). The Morgan fingerprint density at radius 2 is 1.62 bits per heavy atom. The van der Waals surface area contributed by atoms with Gasteiger partial charge in [0.25, 0.3) is 0 Å². The molecule has 0 aromatic carbocycles. The van der Waals surface area contributed by atoms with Crippen LogP contribution >= 0.6 is 0 Å². The van der Waals surface area contributed by atoms with Gasteiger partial charge in [-0.3, -0.25) is 9.59 Å². The van der Waals surface area contributed by atoms with E-state index in [0.717, 1.165) is 45.1 Å². The molecule has 0 bridgehead atoms. The zero-order chi connectivity index (χ0) is 14.1. The molecule has 0 aromatic heterocycles. The Morgan fingerprint density at radius 1 is 1.00 bits per heavy atom. The summed E-state index contributed by atoms with van der Waals surface area (Å²) >= 11 is 0. The Kier molecular flexibility index (Phi) is 13.2. The van der Waals surface area contributed by atoms with Crippen LogP contribution in [0.3, 0.4) is 0 Å². The van der Waals surface area contributed by atoms with Crippen LogP contribution in [0.15, 0.2) is 0 Å². The highest BCUT2D eigenvalue weighted by Gasteiger charge is 2.26. The van der Waals surface area contributed by atoms with Gasteiger partial charge in [-0.2, -0.15) is 0 Å². The minimum absolute atomic E-state index is 0. The summed E-state index contributed by atoms with van der Waals surface area (Å²) in [6.07, 6.45) is 6.20. The SMILES string of the molecule is COC(=O)CCCCNC1CCC(C(=O)OC)CC1.N.N. The molecule has 21 heavy (non-hydrogen) atoms. The second-order valence-corrected chi connectivity index (χ2v) is 5.06. The first-order valence-electron chi connectivity index (χ1n) is 7.05. The van der Waals surface area contributed by atoms with Crippen molar-refractivity contribution in [3.8, 4) is 0 Å². The van der Waals surface area contributed by atoms with E-state index in [4.69, 9.17) is 4.74 Å². The first kappa shape index (κ1) is 22.1. The maximum atomic E-state index is 11.4. The Bertz CT molecular complexity index is 292. The summed E-state index contributed by atoms with van der Waals surface area (Å²) in [5, 5.41) is 3.49. The second kappa shape index (κ2) is 12.6. The van der Waals surface area contributed by atoms with Crippen LogP contribution in [0.25, 0.3) is 0 Å². The Morgan fingerprint density at radius 3 is 2.14 bits per heavy atom. The molecule has 7 heteroatoms. The molecule has 0 radical (unpaired) electrons. The predicted octanol–water partition coefficient (Wildman–Crippen LogP) is 1.98. The highest BCUT2D eigenvalue weighted by Crippen LogP contribution is 2.25. The number of rotatable bonds is 7. The topological polar surface area (TPSA) is 135 Å². The van der Waals surface area contributed by atoms with Gasteiger partial charge in [-0.05, 0) is 45.1 Å². The minimum atomic E-state index is -0.140. The van der Waals surface area contributed by atoms with Crippen molar-refractivity contribution >= 4 is 11.9 Å².